The molecule has 104 valence electrons. The van der Waals surface area contributed by atoms with Gasteiger partial charge in [-0.3, -0.25) is 0 Å². The lowest BCUT2D eigenvalue weighted by Crippen LogP contribution is -2.31. The molecule has 0 bridgehead atoms. The van der Waals surface area contributed by atoms with Crippen LogP contribution in [0.25, 0.3) is 0 Å². The first-order chi connectivity index (χ1) is 7.88. The summed E-state index contributed by atoms with van der Waals surface area (Å²) in [5.41, 5.74) is 0.471. The minimum Gasteiger partial charge on any atom is -0.317 e. The maximum Gasteiger partial charge on any atom is 0.00616 e. The molecule has 0 radical (unpaired) electrons. The van der Waals surface area contributed by atoms with Gasteiger partial charge in [-0.25, -0.2) is 0 Å². The molecule has 17 heavy (non-hydrogen) atoms. The summed E-state index contributed by atoms with van der Waals surface area (Å²) < 4.78 is 0. The third-order valence-electron chi connectivity index (χ3n) is 4.87. The quantitative estimate of drug-likeness (QED) is 0.607. The summed E-state index contributed by atoms with van der Waals surface area (Å²) in [6.45, 7) is 14.3. The van der Waals surface area contributed by atoms with Crippen LogP contribution in [0.5, 0.6) is 0 Å². The second-order valence-corrected chi connectivity index (χ2v) is 6.48. The van der Waals surface area contributed by atoms with Crippen molar-refractivity contribution in [3.05, 3.63) is 0 Å². The zero-order valence-corrected chi connectivity index (χ0v) is 13.3. The van der Waals surface area contributed by atoms with Gasteiger partial charge in [-0.2, -0.15) is 0 Å². The lowest BCUT2D eigenvalue weighted by Gasteiger charge is -2.37. The highest BCUT2D eigenvalue weighted by Crippen LogP contribution is 2.38. The Bertz CT molecular complexity index is 182. The van der Waals surface area contributed by atoms with Crippen molar-refractivity contribution < 1.29 is 0 Å². The molecule has 0 spiro atoms. The molecule has 0 amide bonds. The van der Waals surface area contributed by atoms with Crippen LogP contribution < -0.4 is 5.32 Å². The molecule has 1 heteroatoms. The highest BCUT2D eigenvalue weighted by atomic mass is 14.9. The summed E-state index contributed by atoms with van der Waals surface area (Å²) in [5.74, 6) is 1.67. The molecule has 0 rings (SSSR count). The molecule has 0 aliphatic heterocycles. The van der Waals surface area contributed by atoms with Crippen molar-refractivity contribution in [3.8, 4) is 0 Å². The van der Waals surface area contributed by atoms with Gasteiger partial charge in [0.25, 0.3) is 0 Å². The summed E-state index contributed by atoms with van der Waals surface area (Å²) in [5, 5.41) is 3.42. The fourth-order valence-corrected chi connectivity index (χ4v) is 2.80. The highest BCUT2D eigenvalue weighted by Gasteiger charge is 2.29. The molecular formula is C16H35N. The molecule has 0 heterocycles. The Morgan fingerprint density at radius 1 is 1.06 bits per heavy atom. The standard InChI is InChI=1S/C16H35N/c1-8-10-13(3)14(4)16(5,6)12-11-15(9-2)17-7/h13-15,17H,8-12H2,1-7H3. The van der Waals surface area contributed by atoms with Crippen LogP contribution in [-0.2, 0) is 0 Å². The van der Waals surface area contributed by atoms with Crippen LogP contribution in [0.3, 0.4) is 0 Å². The van der Waals surface area contributed by atoms with Gasteiger partial charge in [0, 0.05) is 6.04 Å². The van der Waals surface area contributed by atoms with Crippen molar-refractivity contribution in [2.45, 2.75) is 79.7 Å². The second kappa shape index (κ2) is 8.13. The summed E-state index contributed by atoms with van der Waals surface area (Å²) in [7, 11) is 2.09. The second-order valence-electron chi connectivity index (χ2n) is 6.48. The predicted molar refractivity (Wildman–Crippen MR) is 79.4 cm³/mol. The van der Waals surface area contributed by atoms with Crippen LogP contribution >= 0.6 is 0 Å². The van der Waals surface area contributed by atoms with E-state index in [1.807, 2.05) is 0 Å². The van der Waals surface area contributed by atoms with Crippen molar-refractivity contribution in [1.29, 1.82) is 0 Å². The van der Waals surface area contributed by atoms with Gasteiger partial charge in [-0.05, 0) is 43.6 Å². The monoisotopic (exact) mass is 241 g/mol. The van der Waals surface area contributed by atoms with Crippen LogP contribution in [0.4, 0.5) is 0 Å². The third-order valence-corrected chi connectivity index (χ3v) is 4.87. The minimum atomic E-state index is 0.471. The van der Waals surface area contributed by atoms with E-state index in [9.17, 15) is 0 Å². The van der Waals surface area contributed by atoms with Gasteiger partial charge in [0.15, 0.2) is 0 Å². The molecular weight excluding hydrogens is 206 g/mol. The fraction of sp³-hybridized carbons (Fsp3) is 1.00. The molecule has 0 aliphatic carbocycles. The topological polar surface area (TPSA) is 12.0 Å². The first-order valence-corrected chi connectivity index (χ1v) is 7.56. The lowest BCUT2D eigenvalue weighted by atomic mass is 9.69. The van der Waals surface area contributed by atoms with Gasteiger partial charge < -0.3 is 5.32 Å². The number of nitrogens with one attached hydrogen (secondary N) is 1. The first kappa shape index (κ1) is 17.0. The Balaban J connectivity index is 4.25. The van der Waals surface area contributed by atoms with E-state index in [-0.39, 0.29) is 0 Å². The molecule has 0 aliphatic rings. The van der Waals surface area contributed by atoms with Crippen molar-refractivity contribution in [1.82, 2.24) is 5.32 Å². The molecule has 0 aromatic heterocycles. The van der Waals surface area contributed by atoms with Crippen molar-refractivity contribution in [2.24, 2.45) is 17.3 Å². The Labute approximate surface area is 110 Å². The molecule has 3 atom stereocenters. The summed E-state index contributed by atoms with van der Waals surface area (Å²) in [6, 6.07) is 0.697. The smallest absolute Gasteiger partial charge is 0.00616 e. The lowest BCUT2D eigenvalue weighted by molar-refractivity contribution is 0.137. The van der Waals surface area contributed by atoms with Gasteiger partial charge in [-0.15, -0.1) is 0 Å². The van der Waals surface area contributed by atoms with Crippen LogP contribution in [-0.4, -0.2) is 13.1 Å². The molecule has 0 aromatic rings. The van der Waals surface area contributed by atoms with E-state index in [2.05, 4.69) is 53.9 Å². The maximum absolute atomic E-state index is 3.42. The van der Waals surface area contributed by atoms with Gasteiger partial charge in [0.2, 0.25) is 0 Å². The van der Waals surface area contributed by atoms with E-state index >= 15 is 0 Å². The van der Waals surface area contributed by atoms with E-state index < -0.39 is 0 Å². The van der Waals surface area contributed by atoms with Gasteiger partial charge in [-0.1, -0.05) is 54.4 Å². The number of hydrogen-bond donors (Lipinski definition) is 1. The van der Waals surface area contributed by atoms with Gasteiger partial charge in [0.05, 0.1) is 0 Å². The molecule has 0 fully saturated rings. The van der Waals surface area contributed by atoms with Gasteiger partial charge >= 0.3 is 0 Å². The van der Waals surface area contributed by atoms with E-state index in [1.165, 1.54) is 32.1 Å². The van der Waals surface area contributed by atoms with E-state index in [4.69, 9.17) is 0 Å². The summed E-state index contributed by atoms with van der Waals surface area (Å²) in [4.78, 5) is 0. The zero-order chi connectivity index (χ0) is 13.5. The zero-order valence-electron chi connectivity index (χ0n) is 13.3. The van der Waals surface area contributed by atoms with E-state index in [0.717, 1.165) is 11.8 Å². The molecule has 3 unspecified atom stereocenters. The molecule has 0 aromatic carbocycles. The van der Waals surface area contributed by atoms with Crippen molar-refractivity contribution >= 4 is 0 Å². The summed E-state index contributed by atoms with van der Waals surface area (Å²) in [6.07, 6.45) is 6.57. The molecule has 0 saturated carbocycles. The Morgan fingerprint density at radius 2 is 1.65 bits per heavy atom. The third kappa shape index (κ3) is 5.90. The predicted octanol–water partition coefficient (Wildman–Crippen LogP) is 4.86. The van der Waals surface area contributed by atoms with Crippen molar-refractivity contribution in [2.75, 3.05) is 7.05 Å². The van der Waals surface area contributed by atoms with Crippen molar-refractivity contribution in [3.63, 3.8) is 0 Å². The largest absolute Gasteiger partial charge is 0.317 e. The van der Waals surface area contributed by atoms with Crippen LogP contribution in [0, 0.1) is 17.3 Å². The van der Waals surface area contributed by atoms with E-state index in [1.54, 1.807) is 0 Å². The molecule has 0 saturated heterocycles. The van der Waals surface area contributed by atoms with E-state index in [0.29, 0.717) is 11.5 Å². The minimum absolute atomic E-state index is 0.471. The van der Waals surface area contributed by atoms with Crippen LogP contribution in [0.15, 0.2) is 0 Å². The number of rotatable bonds is 9. The Morgan fingerprint density at radius 3 is 2.06 bits per heavy atom. The molecule has 1 N–H and O–H groups in total. The maximum atomic E-state index is 3.42. The SMILES string of the molecule is CCCC(C)C(C)C(C)(C)CCC(CC)NC. The first-order valence-electron chi connectivity index (χ1n) is 7.56. The fourth-order valence-electron chi connectivity index (χ4n) is 2.80. The number of hydrogen-bond acceptors (Lipinski definition) is 1. The molecule has 1 nitrogen and oxygen atoms in total. The Kier molecular flexibility index (Phi) is 8.11. The van der Waals surface area contributed by atoms with Crippen LogP contribution in [0.2, 0.25) is 0 Å². The normalized spacial score (nSPS) is 17.8. The van der Waals surface area contributed by atoms with Crippen LogP contribution in [0.1, 0.15) is 73.6 Å². The average Bonchev–Trinajstić information content (AvgIpc) is 2.29. The Hall–Kier alpha value is -0.0400. The summed E-state index contributed by atoms with van der Waals surface area (Å²) >= 11 is 0. The van der Waals surface area contributed by atoms with Gasteiger partial charge in [0.1, 0.15) is 0 Å². The highest BCUT2D eigenvalue weighted by molar-refractivity contribution is 4.80. The average molecular weight is 241 g/mol.